The number of carbonyl (C=O) groups excluding carboxylic acids is 3. The van der Waals surface area contributed by atoms with Gasteiger partial charge in [-0.2, -0.15) is 0 Å². The molecular weight excluding hydrogens is 558 g/mol. The second-order valence-corrected chi connectivity index (χ2v) is 14.5. The molecule has 1 N–H and O–H groups in total. The van der Waals surface area contributed by atoms with E-state index < -0.39 is 33.4 Å². The maximum Gasteiger partial charge on any atom is 0.251 e. The van der Waals surface area contributed by atoms with Crippen LogP contribution in [-0.2, 0) is 14.4 Å². The number of hydrogen-bond donors (Lipinski definition) is 1. The second-order valence-electron chi connectivity index (χ2n) is 12.2. The van der Waals surface area contributed by atoms with Gasteiger partial charge < -0.3 is 19.8 Å². The number of benzene rings is 1. The minimum atomic E-state index is -0.862. The number of hydrogen-bond acceptors (Lipinski definition) is 5. The van der Waals surface area contributed by atoms with Gasteiger partial charge in [0.15, 0.2) is 0 Å². The van der Waals surface area contributed by atoms with Gasteiger partial charge in [0.2, 0.25) is 11.8 Å². The Bertz CT molecular complexity index is 1200. The van der Waals surface area contributed by atoms with Gasteiger partial charge in [0, 0.05) is 24.4 Å². The average Bonchev–Trinajstić information content (AvgIpc) is 3.48. The lowest BCUT2D eigenvalue weighted by Crippen LogP contribution is -2.58. The van der Waals surface area contributed by atoms with Crippen LogP contribution in [0, 0.1) is 24.7 Å². The summed E-state index contributed by atoms with van der Waals surface area (Å²) in [6.07, 6.45) is 5.53. The Balaban J connectivity index is 1.89. The fourth-order valence-corrected chi connectivity index (χ4v) is 10.1. The van der Waals surface area contributed by atoms with E-state index in [-0.39, 0.29) is 36.8 Å². The Morgan fingerprint density at radius 1 is 1.22 bits per heavy atom. The third kappa shape index (κ3) is 5.04. The van der Waals surface area contributed by atoms with Gasteiger partial charge in [0.05, 0.1) is 39.9 Å². The minimum Gasteiger partial charge on any atom is -0.394 e. The molecule has 0 radical (unpaired) electrons. The molecule has 3 aliphatic rings. The Kier molecular flexibility index (Phi) is 9.37. The topological polar surface area (TPSA) is 81.2 Å². The van der Waals surface area contributed by atoms with E-state index in [1.165, 1.54) is 0 Å². The van der Waals surface area contributed by atoms with Gasteiger partial charge in [-0.1, -0.05) is 56.7 Å². The van der Waals surface area contributed by atoms with Gasteiger partial charge in [0.25, 0.3) is 5.91 Å². The summed E-state index contributed by atoms with van der Waals surface area (Å²) in [7, 11) is 0. The fraction of sp³-hybridized carbons (Fsp3) is 0.594. The summed E-state index contributed by atoms with van der Waals surface area (Å²) in [4.78, 5) is 48.8. The SMILES string of the molecule is C=CCN(CCC)C(=O)[C@@H]1[C@H]2C(=O)N([C@@H](CO)C(C)C)C(C(=O)N(CC=C)c3c(C)cccc3Cl)C23CC[C@@]1(C)S3. The average molecular weight is 602 g/mol. The number of aryl methyl sites for hydroxylation is 1. The number of anilines is 1. The molecule has 41 heavy (non-hydrogen) atoms. The number of thioether (sulfide) groups is 1. The number of rotatable bonds is 12. The molecule has 1 aromatic rings. The quantitative estimate of drug-likeness (QED) is 0.338. The molecule has 4 rings (SSSR count). The third-order valence-electron chi connectivity index (χ3n) is 9.22. The van der Waals surface area contributed by atoms with Crippen molar-refractivity contribution in [3.63, 3.8) is 0 Å². The van der Waals surface area contributed by atoms with E-state index in [4.69, 9.17) is 11.6 Å². The second kappa shape index (κ2) is 12.1. The van der Waals surface area contributed by atoms with Crippen LogP contribution in [-0.4, -0.2) is 80.4 Å². The number of carbonyl (C=O) groups is 3. The molecular formula is C32H44ClN3O4S. The molecule has 2 unspecified atom stereocenters. The Morgan fingerprint density at radius 2 is 1.90 bits per heavy atom. The molecule has 7 nitrogen and oxygen atoms in total. The predicted octanol–water partition coefficient (Wildman–Crippen LogP) is 5.09. The maximum atomic E-state index is 14.9. The van der Waals surface area contributed by atoms with Crippen LogP contribution in [0.4, 0.5) is 5.69 Å². The van der Waals surface area contributed by atoms with Crippen molar-refractivity contribution < 1.29 is 19.5 Å². The lowest BCUT2D eigenvalue weighted by Gasteiger charge is -2.41. The molecule has 1 aromatic carbocycles. The summed E-state index contributed by atoms with van der Waals surface area (Å²) in [6, 6.07) is 4.07. The first-order valence-corrected chi connectivity index (χ1v) is 15.8. The monoisotopic (exact) mass is 601 g/mol. The highest BCUT2D eigenvalue weighted by atomic mass is 35.5. The largest absolute Gasteiger partial charge is 0.394 e. The van der Waals surface area contributed by atoms with E-state index in [0.717, 1.165) is 18.4 Å². The van der Waals surface area contributed by atoms with Crippen LogP contribution in [0.2, 0.25) is 5.02 Å². The Hall–Kier alpha value is -2.29. The summed E-state index contributed by atoms with van der Waals surface area (Å²) in [5.41, 5.74) is 1.43. The van der Waals surface area contributed by atoms with Crippen molar-refractivity contribution in [1.82, 2.24) is 9.80 Å². The van der Waals surface area contributed by atoms with Gasteiger partial charge in [-0.05, 0) is 50.7 Å². The molecule has 3 saturated heterocycles. The van der Waals surface area contributed by atoms with Crippen molar-refractivity contribution in [3.8, 4) is 0 Å². The van der Waals surface area contributed by atoms with Gasteiger partial charge in [-0.15, -0.1) is 24.9 Å². The van der Waals surface area contributed by atoms with Crippen molar-refractivity contribution in [3.05, 3.63) is 54.1 Å². The zero-order valence-corrected chi connectivity index (χ0v) is 26.5. The van der Waals surface area contributed by atoms with E-state index in [1.807, 2.05) is 39.8 Å². The zero-order valence-electron chi connectivity index (χ0n) is 24.9. The standard InChI is InChI=1S/C32H44ClN3O4S/c1-8-16-34(17-9-2)28(38)24-25-29(39)36(23(19-37)20(4)5)27(32(25)15-14-31(24,7)41-32)30(40)35(18-10-3)26-21(6)12-11-13-22(26)33/h8,10-13,20,23-25,27,37H,1,3,9,14-19H2,2,4-7H3/t23-,24-,25-,27?,31+,32?/m0/s1. The van der Waals surface area contributed by atoms with Gasteiger partial charge in [0.1, 0.15) is 6.04 Å². The predicted molar refractivity (Wildman–Crippen MR) is 167 cm³/mol. The van der Waals surface area contributed by atoms with E-state index in [9.17, 15) is 19.5 Å². The number of nitrogens with zero attached hydrogens (tertiary/aromatic N) is 3. The summed E-state index contributed by atoms with van der Waals surface area (Å²) >= 11 is 8.31. The highest BCUT2D eigenvalue weighted by Crippen LogP contribution is 2.72. The van der Waals surface area contributed by atoms with E-state index in [0.29, 0.717) is 30.2 Å². The number of likely N-dealkylation sites (tertiary alicyclic amines) is 1. The maximum absolute atomic E-state index is 14.9. The Morgan fingerprint density at radius 3 is 2.46 bits per heavy atom. The first kappa shape index (κ1) is 31.6. The number of amides is 3. The number of aliphatic hydroxyl groups is 1. The summed E-state index contributed by atoms with van der Waals surface area (Å²) in [5.74, 6) is -1.85. The Labute approximate surface area is 254 Å². The molecule has 6 atom stereocenters. The number of aliphatic hydroxyl groups excluding tert-OH is 1. The zero-order chi connectivity index (χ0) is 30.3. The molecule has 9 heteroatoms. The van der Waals surface area contributed by atoms with Gasteiger partial charge >= 0.3 is 0 Å². The van der Waals surface area contributed by atoms with Crippen LogP contribution in [0.3, 0.4) is 0 Å². The molecule has 224 valence electrons. The van der Waals surface area contributed by atoms with Crippen molar-refractivity contribution in [2.45, 2.75) is 75.5 Å². The fourth-order valence-electron chi connectivity index (χ4n) is 7.44. The molecule has 3 fully saturated rings. The van der Waals surface area contributed by atoms with Crippen LogP contribution < -0.4 is 4.90 Å². The summed E-state index contributed by atoms with van der Waals surface area (Å²) in [6.45, 7) is 18.6. The molecule has 0 aliphatic carbocycles. The number of halogens is 1. The van der Waals surface area contributed by atoms with Crippen LogP contribution in [0.1, 0.15) is 52.5 Å². The molecule has 3 aliphatic heterocycles. The molecule has 3 heterocycles. The summed E-state index contributed by atoms with van der Waals surface area (Å²) in [5, 5.41) is 11.0. The lowest BCUT2D eigenvalue weighted by atomic mass is 9.66. The van der Waals surface area contributed by atoms with Gasteiger partial charge in [-0.25, -0.2) is 0 Å². The van der Waals surface area contributed by atoms with Crippen molar-refractivity contribution in [1.29, 1.82) is 0 Å². The van der Waals surface area contributed by atoms with Crippen molar-refractivity contribution in [2.75, 3.05) is 31.1 Å². The van der Waals surface area contributed by atoms with E-state index in [1.54, 1.807) is 44.7 Å². The molecule has 1 spiro atoms. The number of para-hydroxylation sites is 1. The molecule has 0 aromatic heterocycles. The van der Waals surface area contributed by atoms with Crippen molar-refractivity contribution >= 4 is 46.8 Å². The van der Waals surface area contributed by atoms with E-state index in [2.05, 4.69) is 20.1 Å². The third-order valence-corrected chi connectivity index (χ3v) is 11.5. The first-order chi connectivity index (χ1) is 19.4. The van der Waals surface area contributed by atoms with Crippen LogP contribution >= 0.6 is 23.4 Å². The summed E-state index contributed by atoms with van der Waals surface area (Å²) < 4.78 is -1.28. The van der Waals surface area contributed by atoms with Crippen LogP contribution in [0.5, 0.6) is 0 Å². The van der Waals surface area contributed by atoms with Gasteiger partial charge in [-0.3, -0.25) is 14.4 Å². The first-order valence-electron chi connectivity index (χ1n) is 14.6. The minimum absolute atomic E-state index is 0.0512. The highest BCUT2D eigenvalue weighted by molar-refractivity contribution is 8.02. The highest BCUT2D eigenvalue weighted by Gasteiger charge is 2.78. The van der Waals surface area contributed by atoms with E-state index >= 15 is 0 Å². The smallest absolute Gasteiger partial charge is 0.251 e. The number of fused-ring (bicyclic) bond motifs is 1. The molecule has 2 bridgehead atoms. The van der Waals surface area contributed by atoms with Crippen LogP contribution in [0.25, 0.3) is 0 Å². The molecule has 0 saturated carbocycles. The van der Waals surface area contributed by atoms with Crippen molar-refractivity contribution in [2.24, 2.45) is 17.8 Å². The normalized spacial score (nSPS) is 29.0. The van der Waals surface area contributed by atoms with Crippen LogP contribution in [0.15, 0.2) is 43.5 Å². The lowest BCUT2D eigenvalue weighted by molar-refractivity contribution is -0.147. The molecule has 3 amide bonds.